The first-order valence-corrected chi connectivity index (χ1v) is 6.85. The molecule has 0 radical (unpaired) electrons. The highest BCUT2D eigenvalue weighted by atomic mass is 35.5. The van der Waals surface area contributed by atoms with E-state index < -0.39 is 6.10 Å². The summed E-state index contributed by atoms with van der Waals surface area (Å²) in [6.07, 6.45) is 0.995. The van der Waals surface area contributed by atoms with Gasteiger partial charge in [0.15, 0.2) is 0 Å². The standard InChI is InChI=1S/C15H17ClN2O3/c1-20-15-6-5-12(8-18-15)17-9-13(19)10-21-14-4-2-3-11(16)7-14/h2-8,13,17,19H,9-10H2,1H3. The van der Waals surface area contributed by atoms with E-state index in [1.165, 1.54) is 0 Å². The Hall–Kier alpha value is -1.98. The zero-order valence-corrected chi connectivity index (χ0v) is 12.4. The number of anilines is 1. The van der Waals surface area contributed by atoms with Gasteiger partial charge in [0, 0.05) is 17.6 Å². The van der Waals surface area contributed by atoms with Gasteiger partial charge in [-0.1, -0.05) is 17.7 Å². The van der Waals surface area contributed by atoms with E-state index in [4.69, 9.17) is 21.1 Å². The number of aromatic nitrogens is 1. The minimum absolute atomic E-state index is 0.178. The highest BCUT2D eigenvalue weighted by molar-refractivity contribution is 6.30. The molecule has 1 unspecified atom stereocenters. The zero-order chi connectivity index (χ0) is 15.1. The van der Waals surface area contributed by atoms with Crippen molar-refractivity contribution in [2.75, 3.05) is 25.6 Å². The fourth-order valence-corrected chi connectivity index (χ4v) is 1.83. The van der Waals surface area contributed by atoms with Crippen LogP contribution in [0.2, 0.25) is 5.02 Å². The van der Waals surface area contributed by atoms with Crippen molar-refractivity contribution in [3.05, 3.63) is 47.6 Å². The molecule has 0 aliphatic rings. The average molecular weight is 309 g/mol. The molecule has 6 heteroatoms. The van der Waals surface area contributed by atoms with Crippen LogP contribution in [-0.4, -0.2) is 36.5 Å². The van der Waals surface area contributed by atoms with E-state index in [-0.39, 0.29) is 6.61 Å². The number of aliphatic hydroxyl groups excluding tert-OH is 1. The molecule has 0 saturated carbocycles. The van der Waals surface area contributed by atoms with Gasteiger partial charge in [-0.2, -0.15) is 0 Å². The van der Waals surface area contributed by atoms with Gasteiger partial charge in [0.2, 0.25) is 5.88 Å². The van der Waals surface area contributed by atoms with Gasteiger partial charge in [-0.25, -0.2) is 4.98 Å². The quantitative estimate of drug-likeness (QED) is 0.823. The molecule has 0 aliphatic heterocycles. The molecule has 0 spiro atoms. The number of methoxy groups -OCH3 is 1. The van der Waals surface area contributed by atoms with Crippen LogP contribution in [-0.2, 0) is 0 Å². The van der Waals surface area contributed by atoms with E-state index >= 15 is 0 Å². The van der Waals surface area contributed by atoms with Crippen molar-refractivity contribution in [3.8, 4) is 11.6 Å². The molecule has 1 heterocycles. The van der Waals surface area contributed by atoms with Crippen molar-refractivity contribution >= 4 is 17.3 Å². The largest absolute Gasteiger partial charge is 0.491 e. The normalized spacial score (nSPS) is 11.8. The Bertz CT molecular complexity index is 563. The summed E-state index contributed by atoms with van der Waals surface area (Å²) in [4.78, 5) is 4.07. The molecule has 0 amide bonds. The number of benzene rings is 1. The topological polar surface area (TPSA) is 63.6 Å². The summed E-state index contributed by atoms with van der Waals surface area (Å²) in [5.41, 5.74) is 0.803. The van der Waals surface area contributed by atoms with Crippen LogP contribution >= 0.6 is 11.6 Å². The Morgan fingerprint density at radius 2 is 2.19 bits per heavy atom. The second kappa shape index (κ2) is 7.71. The van der Waals surface area contributed by atoms with Crippen molar-refractivity contribution in [2.45, 2.75) is 6.10 Å². The van der Waals surface area contributed by atoms with Crippen LogP contribution in [0.5, 0.6) is 11.6 Å². The Morgan fingerprint density at radius 1 is 1.33 bits per heavy atom. The number of hydrogen-bond donors (Lipinski definition) is 2. The first kappa shape index (κ1) is 15.4. The number of ether oxygens (including phenoxy) is 2. The minimum atomic E-state index is -0.647. The molecule has 1 atom stereocenters. The summed E-state index contributed by atoms with van der Waals surface area (Å²) in [6.45, 7) is 0.533. The lowest BCUT2D eigenvalue weighted by Gasteiger charge is -2.14. The van der Waals surface area contributed by atoms with Gasteiger partial charge >= 0.3 is 0 Å². The third-order valence-electron chi connectivity index (χ3n) is 2.73. The van der Waals surface area contributed by atoms with Crippen molar-refractivity contribution in [1.82, 2.24) is 4.98 Å². The van der Waals surface area contributed by atoms with E-state index in [0.29, 0.717) is 23.2 Å². The van der Waals surface area contributed by atoms with Gasteiger partial charge < -0.3 is 19.9 Å². The molecule has 21 heavy (non-hydrogen) atoms. The van der Waals surface area contributed by atoms with Gasteiger partial charge in [-0.05, 0) is 24.3 Å². The molecule has 1 aromatic heterocycles. The lowest BCUT2D eigenvalue weighted by molar-refractivity contribution is 0.117. The van der Waals surface area contributed by atoms with E-state index in [2.05, 4.69) is 10.3 Å². The number of rotatable bonds is 7. The van der Waals surface area contributed by atoms with E-state index in [0.717, 1.165) is 5.69 Å². The molecule has 2 N–H and O–H groups in total. The predicted octanol–water partition coefficient (Wildman–Crippen LogP) is 2.60. The van der Waals surface area contributed by atoms with E-state index in [1.807, 2.05) is 6.07 Å². The van der Waals surface area contributed by atoms with Crippen molar-refractivity contribution in [2.24, 2.45) is 0 Å². The molecule has 112 valence electrons. The van der Waals surface area contributed by atoms with Crippen molar-refractivity contribution < 1.29 is 14.6 Å². The maximum atomic E-state index is 9.88. The molecule has 0 aliphatic carbocycles. The molecule has 0 bridgehead atoms. The van der Waals surface area contributed by atoms with Crippen LogP contribution in [0, 0.1) is 0 Å². The van der Waals surface area contributed by atoms with Gasteiger partial charge in [-0.15, -0.1) is 0 Å². The molecular weight excluding hydrogens is 292 g/mol. The lowest BCUT2D eigenvalue weighted by Crippen LogP contribution is -2.26. The third-order valence-corrected chi connectivity index (χ3v) is 2.96. The van der Waals surface area contributed by atoms with Gasteiger partial charge in [0.1, 0.15) is 18.5 Å². The Balaban J connectivity index is 1.75. The summed E-state index contributed by atoms with van der Waals surface area (Å²) in [7, 11) is 1.56. The summed E-state index contributed by atoms with van der Waals surface area (Å²) in [5, 5.41) is 13.5. The first-order chi connectivity index (χ1) is 10.2. The van der Waals surface area contributed by atoms with Gasteiger partial charge in [-0.3, -0.25) is 0 Å². The number of pyridine rings is 1. The monoisotopic (exact) mass is 308 g/mol. The van der Waals surface area contributed by atoms with Crippen LogP contribution in [0.15, 0.2) is 42.6 Å². The molecule has 1 aromatic carbocycles. The molecule has 2 aromatic rings. The maximum absolute atomic E-state index is 9.88. The van der Waals surface area contributed by atoms with Crippen LogP contribution in [0.3, 0.4) is 0 Å². The van der Waals surface area contributed by atoms with Crippen LogP contribution < -0.4 is 14.8 Å². The fourth-order valence-electron chi connectivity index (χ4n) is 1.65. The maximum Gasteiger partial charge on any atom is 0.213 e. The average Bonchev–Trinajstić information content (AvgIpc) is 2.51. The summed E-state index contributed by atoms with van der Waals surface area (Å²) in [5.74, 6) is 1.18. The molecule has 0 saturated heterocycles. The smallest absolute Gasteiger partial charge is 0.213 e. The van der Waals surface area contributed by atoms with Gasteiger partial charge in [0.25, 0.3) is 0 Å². The molecule has 0 fully saturated rings. The summed E-state index contributed by atoms with van der Waals surface area (Å²) < 4.78 is 10.4. The van der Waals surface area contributed by atoms with Crippen LogP contribution in [0.25, 0.3) is 0 Å². The lowest BCUT2D eigenvalue weighted by atomic mass is 10.3. The number of aliphatic hydroxyl groups is 1. The summed E-state index contributed by atoms with van der Waals surface area (Å²) in [6, 6.07) is 10.6. The third kappa shape index (κ3) is 5.13. The molecule has 2 rings (SSSR count). The number of nitrogens with one attached hydrogen (secondary N) is 1. The Labute approximate surface area is 128 Å². The number of nitrogens with zero attached hydrogens (tertiary/aromatic N) is 1. The highest BCUT2D eigenvalue weighted by Gasteiger charge is 2.06. The van der Waals surface area contributed by atoms with E-state index in [9.17, 15) is 5.11 Å². The summed E-state index contributed by atoms with van der Waals surface area (Å²) >= 11 is 5.85. The number of hydrogen-bond acceptors (Lipinski definition) is 5. The molecular formula is C15H17ClN2O3. The second-order valence-electron chi connectivity index (χ2n) is 4.39. The SMILES string of the molecule is COc1ccc(NCC(O)COc2cccc(Cl)c2)cn1. The number of halogens is 1. The minimum Gasteiger partial charge on any atom is -0.491 e. The second-order valence-corrected chi connectivity index (χ2v) is 4.83. The Kier molecular flexibility index (Phi) is 5.66. The van der Waals surface area contributed by atoms with Gasteiger partial charge in [0.05, 0.1) is 19.0 Å². The van der Waals surface area contributed by atoms with E-state index in [1.54, 1.807) is 43.6 Å². The van der Waals surface area contributed by atoms with Crippen LogP contribution in [0.1, 0.15) is 0 Å². The van der Waals surface area contributed by atoms with Crippen molar-refractivity contribution in [1.29, 1.82) is 0 Å². The fraction of sp³-hybridized carbons (Fsp3) is 0.267. The van der Waals surface area contributed by atoms with Crippen molar-refractivity contribution in [3.63, 3.8) is 0 Å². The highest BCUT2D eigenvalue weighted by Crippen LogP contribution is 2.17. The Morgan fingerprint density at radius 3 is 2.86 bits per heavy atom. The first-order valence-electron chi connectivity index (χ1n) is 6.47. The molecule has 5 nitrogen and oxygen atoms in total. The predicted molar refractivity (Wildman–Crippen MR) is 82.2 cm³/mol. The zero-order valence-electron chi connectivity index (χ0n) is 11.6. The van der Waals surface area contributed by atoms with Crippen LogP contribution in [0.4, 0.5) is 5.69 Å².